The van der Waals surface area contributed by atoms with E-state index in [1.54, 1.807) is 6.07 Å². The minimum absolute atomic E-state index is 0.613. The Hall–Kier alpha value is -1.71. The van der Waals surface area contributed by atoms with E-state index in [0.29, 0.717) is 10.0 Å². The molecule has 0 saturated carbocycles. The number of nitrogens with one attached hydrogen (secondary N) is 2. The van der Waals surface area contributed by atoms with Crippen LogP contribution in [0.4, 0.5) is 0 Å². The van der Waals surface area contributed by atoms with E-state index < -0.39 is 0 Å². The summed E-state index contributed by atoms with van der Waals surface area (Å²) in [7, 11) is 0. The van der Waals surface area contributed by atoms with E-state index in [9.17, 15) is 0 Å². The second-order valence-corrected chi connectivity index (χ2v) is 5.58. The molecule has 3 rings (SSSR count). The van der Waals surface area contributed by atoms with Crippen molar-refractivity contribution in [2.45, 2.75) is 13.3 Å². The average Bonchev–Trinajstić information content (AvgIpc) is 2.98. The third kappa shape index (κ3) is 2.74. The number of H-pyrrole nitrogens is 2. The van der Waals surface area contributed by atoms with E-state index in [1.807, 2.05) is 37.5 Å². The van der Waals surface area contributed by atoms with Crippen molar-refractivity contribution in [1.82, 2.24) is 15.0 Å². The number of halogens is 2. The molecule has 3 aromatic rings. The Morgan fingerprint density at radius 2 is 1.90 bits per heavy atom. The van der Waals surface area contributed by atoms with Crippen LogP contribution in [-0.4, -0.2) is 15.0 Å². The largest absolute Gasteiger partial charge is 0.367 e. The number of aryl methyl sites for hydroxylation is 1. The smallest absolute Gasteiger partial charge is 0.111 e. The Bertz CT molecular complexity index is 709. The normalized spacial score (nSPS) is 10.9. The average molecular weight is 306 g/mol. The maximum atomic E-state index is 6.05. The lowest BCUT2D eigenvalue weighted by Gasteiger charge is -2.01. The topological polar surface area (TPSA) is 44.5 Å². The molecule has 0 aliphatic rings. The van der Waals surface area contributed by atoms with Gasteiger partial charge >= 0.3 is 0 Å². The van der Waals surface area contributed by atoms with Crippen molar-refractivity contribution >= 4 is 23.2 Å². The second kappa shape index (κ2) is 5.35. The van der Waals surface area contributed by atoms with Crippen LogP contribution in [0.5, 0.6) is 0 Å². The van der Waals surface area contributed by atoms with Crippen molar-refractivity contribution in [2.75, 3.05) is 0 Å². The van der Waals surface area contributed by atoms with Crippen LogP contribution in [0.3, 0.4) is 0 Å². The highest BCUT2D eigenvalue weighted by atomic mass is 35.5. The summed E-state index contributed by atoms with van der Waals surface area (Å²) in [5.41, 5.74) is 4.01. The third-order valence-corrected chi connectivity index (χ3v) is 3.54. The predicted molar refractivity (Wildman–Crippen MR) is 82.4 cm³/mol. The number of rotatable bonds is 3. The molecular formula is C15H13Cl2N3. The molecular weight excluding hydrogens is 293 g/mol. The van der Waals surface area contributed by atoms with Gasteiger partial charge in [0.15, 0.2) is 0 Å². The van der Waals surface area contributed by atoms with Gasteiger partial charge in [-0.05, 0) is 36.8 Å². The Morgan fingerprint density at radius 3 is 2.55 bits per heavy atom. The van der Waals surface area contributed by atoms with Crippen molar-refractivity contribution < 1.29 is 0 Å². The fourth-order valence-corrected chi connectivity index (χ4v) is 2.77. The molecule has 2 heterocycles. The van der Waals surface area contributed by atoms with Gasteiger partial charge in [0.1, 0.15) is 5.82 Å². The first-order valence-electron chi connectivity index (χ1n) is 6.25. The monoisotopic (exact) mass is 305 g/mol. The first-order chi connectivity index (χ1) is 9.61. The molecule has 2 aromatic heterocycles. The zero-order valence-electron chi connectivity index (χ0n) is 10.9. The van der Waals surface area contributed by atoms with Crippen molar-refractivity contribution in [2.24, 2.45) is 0 Å². The molecule has 5 heteroatoms. The molecule has 2 N–H and O–H groups in total. The molecule has 0 fully saturated rings. The summed E-state index contributed by atoms with van der Waals surface area (Å²) < 4.78 is 0. The van der Waals surface area contributed by atoms with Crippen molar-refractivity contribution in [3.05, 3.63) is 63.8 Å². The summed E-state index contributed by atoms with van der Waals surface area (Å²) in [5, 5.41) is 1.23. The van der Waals surface area contributed by atoms with E-state index in [2.05, 4.69) is 15.0 Å². The third-order valence-electron chi connectivity index (χ3n) is 3.10. The lowest BCUT2D eigenvalue weighted by molar-refractivity contribution is 1.02. The molecule has 0 aliphatic heterocycles. The number of nitrogens with zero attached hydrogens (tertiary/aromatic N) is 1. The van der Waals surface area contributed by atoms with E-state index in [1.165, 1.54) is 5.56 Å². The predicted octanol–water partition coefficient (Wildman–Crippen LogP) is 4.61. The van der Waals surface area contributed by atoms with Gasteiger partial charge < -0.3 is 9.97 Å². The number of aromatic nitrogens is 3. The first-order valence-corrected chi connectivity index (χ1v) is 7.01. The van der Waals surface area contributed by atoms with Gasteiger partial charge in [0, 0.05) is 40.1 Å². The highest BCUT2D eigenvalue weighted by Gasteiger charge is 2.11. The fraction of sp³-hybridized carbons (Fsp3) is 0.133. The highest BCUT2D eigenvalue weighted by molar-refractivity contribution is 6.35. The number of hydrogen-bond acceptors (Lipinski definition) is 1. The molecule has 0 radical (unpaired) electrons. The van der Waals surface area contributed by atoms with E-state index in [-0.39, 0.29) is 0 Å². The van der Waals surface area contributed by atoms with Crippen molar-refractivity contribution in [3.63, 3.8) is 0 Å². The Kier molecular flexibility index (Phi) is 3.55. The fourth-order valence-electron chi connectivity index (χ4n) is 2.24. The van der Waals surface area contributed by atoms with Crippen LogP contribution < -0.4 is 0 Å². The quantitative estimate of drug-likeness (QED) is 0.729. The highest BCUT2D eigenvalue weighted by Crippen LogP contribution is 2.28. The van der Waals surface area contributed by atoms with Gasteiger partial charge in [-0.3, -0.25) is 0 Å². The molecule has 3 nitrogen and oxygen atoms in total. The number of aromatic amines is 2. The van der Waals surface area contributed by atoms with Gasteiger partial charge in [-0.2, -0.15) is 0 Å². The molecule has 1 aromatic carbocycles. The molecule has 0 atom stereocenters. The standard InChI is InChI=1S/C15H13Cl2N3/c1-9-15(11-5-12(16)7-13(17)6-11)20-14(19-9)4-10-2-3-18-8-10/h2-3,5-8,18H,4H2,1H3,(H,19,20). The van der Waals surface area contributed by atoms with Gasteiger partial charge in [0.05, 0.1) is 5.69 Å². The minimum atomic E-state index is 0.613. The number of benzene rings is 1. The molecule has 0 bridgehead atoms. The van der Waals surface area contributed by atoms with Crippen LogP contribution in [0.15, 0.2) is 36.7 Å². The van der Waals surface area contributed by atoms with Crippen LogP contribution in [0.1, 0.15) is 17.1 Å². The van der Waals surface area contributed by atoms with E-state index in [4.69, 9.17) is 23.2 Å². The van der Waals surface area contributed by atoms with Crippen LogP contribution in [-0.2, 0) is 6.42 Å². The Morgan fingerprint density at radius 1 is 1.15 bits per heavy atom. The SMILES string of the molecule is Cc1[nH]c(Cc2cc[nH]c2)nc1-c1cc(Cl)cc(Cl)c1. The van der Waals surface area contributed by atoms with Gasteiger partial charge in [0.25, 0.3) is 0 Å². The molecule has 0 saturated heterocycles. The molecule has 102 valence electrons. The van der Waals surface area contributed by atoms with Crippen LogP contribution in [0.25, 0.3) is 11.3 Å². The lowest BCUT2D eigenvalue weighted by Crippen LogP contribution is -1.88. The van der Waals surface area contributed by atoms with Crippen LogP contribution in [0, 0.1) is 6.92 Å². The maximum Gasteiger partial charge on any atom is 0.111 e. The Labute approximate surface area is 127 Å². The summed E-state index contributed by atoms with van der Waals surface area (Å²) in [6.45, 7) is 2.00. The van der Waals surface area contributed by atoms with E-state index in [0.717, 1.165) is 29.2 Å². The Balaban J connectivity index is 1.96. The maximum absolute atomic E-state index is 6.05. The summed E-state index contributed by atoms with van der Waals surface area (Å²) in [6, 6.07) is 7.50. The molecule has 20 heavy (non-hydrogen) atoms. The molecule has 0 aliphatic carbocycles. The summed E-state index contributed by atoms with van der Waals surface area (Å²) >= 11 is 12.1. The first kappa shape index (κ1) is 13.3. The van der Waals surface area contributed by atoms with Crippen molar-refractivity contribution in [3.8, 4) is 11.3 Å². The van der Waals surface area contributed by atoms with E-state index >= 15 is 0 Å². The van der Waals surface area contributed by atoms with Crippen molar-refractivity contribution in [1.29, 1.82) is 0 Å². The van der Waals surface area contributed by atoms with Gasteiger partial charge in [-0.15, -0.1) is 0 Å². The summed E-state index contributed by atoms with van der Waals surface area (Å²) in [4.78, 5) is 11.0. The second-order valence-electron chi connectivity index (χ2n) is 4.71. The number of hydrogen-bond donors (Lipinski definition) is 2. The summed E-state index contributed by atoms with van der Waals surface area (Å²) in [6.07, 6.45) is 4.63. The van der Waals surface area contributed by atoms with Crippen LogP contribution >= 0.6 is 23.2 Å². The van der Waals surface area contributed by atoms with Gasteiger partial charge in [-0.25, -0.2) is 4.98 Å². The zero-order chi connectivity index (χ0) is 14.1. The number of imidazole rings is 1. The van der Waals surface area contributed by atoms with Gasteiger partial charge in [0.2, 0.25) is 0 Å². The molecule has 0 amide bonds. The molecule has 0 spiro atoms. The lowest BCUT2D eigenvalue weighted by atomic mass is 10.1. The molecule has 0 unspecified atom stereocenters. The zero-order valence-corrected chi connectivity index (χ0v) is 12.4. The van der Waals surface area contributed by atoms with Gasteiger partial charge in [-0.1, -0.05) is 23.2 Å². The van der Waals surface area contributed by atoms with Crippen LogP contribution in [0.2, 0.25) is 10.0 Å². The minimum Gasteiger partial charge on any atom is -0.367 e. The summed E-state index contributed by atoms with van der Waals surface area (Å²) in [5.74, 6) is 0.924.